The van der Waals surface area contributed by atoms with E-state index in [1.54, 1.807) is 0 Å². The summed E-state index contributed by atoms with van der Waals surface area (Å²) in [6, 6.07) is 2.60. The van der Waals surface area contributed by atoms with Crippen LogP contribution in [0.3, 0.4) is 0 Å². The monoisotopic (exact) mass is 400 g/mol. The molecule has 1 aromatic heterocycles. The van der Waals surface area contributed by atoms with E-state index in [0.29, 0.717) is 0 Å². The molecule has 2 aromatic rings. The Morgan fingerprint density at radius 2 is 1.92 bits per heavy atom. The summed E-state index contributed by atoms with van der Waals surface area (Å²) >= 11 is 18.1. The Hall–Kier alpha value is -1.77. The van der Waals surface area contributed by atoms with Gasteiger partial charge in [-0.3, -0.25) is 9.78 Å². The zero-order chi connectivity index (χ0) is 18.0. The van der Waals surface area contributed by atoms with Gasteiger partial charge in [-0.15, -0.1) is 0 Å². The van der Waals surface area contributed by atoms with Gasteiger partial charge in [0.15, 0.2) is 5.75 Å². The molecule has 6 nitrogen and oxygen atoms in total. The average Bonchev–Trinajstić information content (AvgIpc) is 2.74. The molecule has 0 atom stereocenters. The molecule has 0 aliphatic rings. The Morgan fingerprint density at radius 3 is 2.50 bits per heavy atom. The summed E-state index contributed by atoms with van der Waals surface area (Å²) in [5.74, 6) is -1.08. The number of benzene rings is 1. The first-order valence-electron chi connectivity index (χ1n) is 6.22. The van der Waals surface area contributed by atoms with Crippen LogP contribution in [0.1, 0.15) is 6.92 Å². The predicted octanol–water partition coefficient (Wildman–Crippen LogP) is 4.51. The van der Waals surface area contributed by atoms with Crippen LogP contribution in [0.2, 0.25) is 15.1 Å². The molecule has 11 heteroatoms. The molecule has 0 spiro atoms. The average molecular weight is 402 g/mol. The Bertz CT molecular complexity index is 783. The van der Waals surface area contributed by atoms with Crippen molar-refractivity contribution in [1.29, 1.82) is 0 Å². The summed E-state index contributed by atoms with van der Waals surface area (Å²) in [5.41, 5.74) is 0.275. The molecule has 0 saturated heterocycles. The summed E-state index contributed by atoms with van der Waals surface area (Å²) in [5, 5.41) is 4.00. The molecule has 0 bridgehead atoms. The molecule has 0 aliphatic heterocycles. The van der Waals surface area contributed by atoms with Crippen LogP contribution in [0.25, 0.3) is 11.3 Å². The van der Waals surface area contributed by atoms with Gasteiger partial charge >= 0.3 is 12.6 Å². The fourth-order valence-electron chi connectivity index (χ4n) is 1.75. The number of carbonyl (C=O) groups excluding carboxylic acids is 1. The van der Waals surface area contributed by atoms with Crippen molar-refractivity contribution in [2.24, 2.45) is 7.05 Å². The van der Waals surface area contributed by atoms with Crippen molar-refractivity contribution in [2.45, 2.75) is 13.5 Å². The van der Waals surface area contributed by atoms with Gasteiger partial charge in [0.25, 0.3) is 0 Å². The molecule has 1 heterocycles. The molecule has 130 valence electrons. The highest BCUT2D eigenvalue weighted by molar-refractivity contribution is 6.39. The van der Waals surface area contributed by atoms with Crippen molar-refractivity contribution in [3.8, 4) is 22.9 Å². The lowest BCUT2D eigenvalue weighted by Gasteiger charge is -2.08. The second-order valence-electron chi connectivity index (χ2n) is 4.39. The Labute approximate surface area is 149 Å². The normalized spacial score (nSPS) is 10.8. The van der Waals surface area contributed by atoms with Gasteiger partial charge in [-0.25, -0.2) is 9.48 Å². The lowest BCUT2D eigenvalue weighted by molar-refractivity contribution is -0.210. The van der Waals surface area contributed by atoms with Gasteiger partial charge in [-0.2, -0.15) is 13.9 Å². The summed E-state index contributed by atoms with van der Waals surface area (Å²) in [4.78, 5) is 20.0. The van der Waals surface area contributed by atoms with Crippen LogP contribution in [0.4, 0.5) is 8.78 Å². The lowest BCUT2D eigenvalue weighted by atomic mass is 10.1. The van der Waals surface area contributed by atoms with Crippen LogP contribution in [0, 0.1) is 0 Å². The number of aromatic nitrogens is 2. The quantitative estimate of drug-likeness (QED) is 0.545. The van der Waals surface area contributed by atoms with Crippen LogP contribution in [0.15, 0.2) is 12.1 Å². The Balaban J connectivity index is 2.48. The predicted molar refractivity (Wildman–Crippen MR) is 82.7 cm³/mol. The van der Waals surface area contributed by atoms with E-state index in [-0.39, 0.29) is 38.0 Å². The fourth-order valence-corrected chi connectivity index (χ4v) is 2.56. The lowest BCUT2D eigenvalue weighted by Crippen LogP contribution is -2.06. The van der Waals surface area contributed by atoms with Gasteiger partial charge in [0.05, 0.1) is 10.0 Å². The molecule has 0 unspecified atom stereocenters. The van der Waals surface area contributed by atoms with Crippen LogP contribution >= 0.6 is 34.8 Å². The number of halogens is 5. The minimum absolute atomic E-state index is 0.0377. The van der Waals surface area contributed by atoms with E-state index in [9.17, 15) is 13.6 Å². The third-order valence-corrected chi connectivity index (χ3v) is 3.61. The van der Waals surface area contributed by atoms with Gasteiger partial charge in [-0.05, 0) is 12.1 Å². The Morgan fingerprint density at radius 1 is 1.25 bits per heavy atom. The summed E-state index contributed by atoms with van der Waals surface area (Å²) in [6.07, 6.45) is 0. The number of nitrogens with zero attached hydrogens (tertiary/aromatic N) is 2. The van der Waals surface area contributed by atoms with Crippen molar-refractivity contribution in [3.05, 3.63) is 27.2 Å². The summed E-state index contributed by atoms with van der Waals surface area (Å²) in [6.45, 7) is -1.94. The van der Waals surface area contributed by atoms with Crippen molar-refractivity contribution in [2.75, 3.05) is 0 Å². The van der Waals surface area contributed by atoms with E-state index in [1.165, 1.54) is 19.2 Å². The number of hydrogen-bond acceptors (Lipinski definition) is 5. The minimum Gasteiger partial charge on any atom is -0.416 e. The molecule has 0 radical (unpaired) electrons. The van der Waals surface area contributed by atoms with E-state index < -0.39 is 12.6 Å². The molecule has 1 aromatic carbocycles. The third-order valence-electron chi connectivity index (χ3n) is 2.67. The highest BCUT2D eigenvalue weighted by Crippen LogP contribution is 2.42. The molecule has 0 N–H and O–H groups in total. The third kappa shape index (κ3) is 4.00. The maximum atomic E-state index is 12.4. The first kappa shape index (κ1) is 18.6. The molecule has 0 fully saturated rings. The molecular formula is C13H9Cl3F2N2O4. The smallest absolute Gasteiger partial charge is 0.388 e. The number of hydrogen-bond donors (Lipinski definition) is 0. The maximum Gasteiger partial charge on any atom is 0.388 e. The van der Waals surface area contributed by atoms with E-state index in [2.05, 4.69) is 14.7 Å². The van der Waals surface area contributed by atoms with Crippen molar-refractivity contribution in [3.63, 3.8) is 0 Å². The SMILES string of the molecule is CC(=O)OOc1cc(-c2nn(C)c(OC(F)F)c2Cl)c(Cl)cc1Cl. The van der Waals surface area contributed by atoms with Crippen LogP contribution in [-0.2, 0) is 16.7 Å². The molecule has 0 aliphatic carbocycles. The van der Waals surface area contributed by atoms with Gasteiger partial charge in [0.2, 0.25) is 5.88 Å². The van der Waals surface area contributed by atoms with Gasteiger partial charge < -0.3 is 4.74 Å². The number of carbonyl (C=O) groups is 1. The number of ether oxygens (including phenoxy) is 1. The number of aryl methyl sites for hydroxylation is 1. The van der Waals surface area contributed by atoms with Gasteiger partial charge in [0, 0.05) is 19.5 Å². The van der Waals surface area contributed by atoms with Crippen molar-refractivity contribution in [1.82, 2.24) is 9.78 Å². The first-order valence-corrected chi connectivity index (χ1v) is 7.36. The number of rotatable bonds is 5. The van der Waals surface area contributed by atoms with Crippen LogP contribution < -0.4 is 9.62 Å². The minimum atomic E-state index is -3.07. The van der Waals surface area contributed by atoms with E-state index >= 15 is 0 Å². The second-order valence-corrected chi connectivity index (χ2v) is 5.58. The van der Waals surface area contributed by atoms with Crippen LogP contribution in [-0.4, -0.2) is 22.4 Å². The van der Waals surface area contributed by atoms with Crippen molar-refractivity contribution < 1.29 is 28.1 Å². The Kier molecular flexibility index (Phi) is 5.74. The summed E-state index contributed by atoms with van der Waals surface area (Å²) < 4.78 is 30.2. The maximum absolute atomic E-state index is 12.4. The van der Waals surface area contributed by atoms with Crippen LogP contribution in [0.5, 0.6) is 11.6 Å². The zero-order valence-electron chi connectivity index (χ0n) is 12.1. The summed E-state index contributed by atoms with van der Waals surface area (Å²) in [7, 11) is 1.37. The molecule has 24 heavy (non-hydrogen) atoms. The zero-order valence-corrected chi connectivity index (χ0v) is 14.4. The van der Waals surface area contributed by atoms with Gasteiger partial charge in [-0.1, -0.05) is 34.8 Å². The van der Waals surface area contributed by atoms with E-state index in [1.807, 2.05) is 0 Å². The molecule has 0 amide bonds. The van der Waals surface area contributed by atoms with E-state index in [0.717, 1.165) is 11.6 Å². The van der Waals surface area contributed by atoms with Crippen molar-refractivity contribution >= 4 is 40.8 Å². The molecular weight excluding hydrogens is 393 g/mol. The highest BCUT2D eigenvalue weighted by Gasteiger charge is 2.23. The molecule has 0 saturated carbocycles. The first-order chi connectivity index (χ1) is 11.2. The second kappa shape index (κ2) is 7.42. The topological polar surface area (TPSA) is 62.6 Å². The van der Waals surface area contributed by atoms with E-state index in [4.69, 9.17) is 39.7 Å². The highest BCUT2D eigenvalue weighted by atomic mass is 35.5. The largest absolute Gasteiger partial charge is 0.416 e. The standard InChI is InChI=1S/C13H9Cl3F2N2O4/c1-5(21)23-24-9-3-6(7(14)4-8(9)15)11-10(16)12(20(2)19-11)22-13(17)18/h3-4,13H,1-2H3. The fraction of sp³-hybridized carbons (Fsp3) is 0.231. The number of alkyl halides is 2. The molecule has 2 rings (SSSR count). The van der Waals surface area contributed by atoms with Gasteiger partial charge in [0.1, 0.15) is 10.7 Å².